The largest absolute Gasteiger partial charge is 0.327 e. The highest BCUT2D eigenvalue weighted by molar-refractivity contribution is 5.10. The number of rotatable bonds is 2. The van der Waals surface area contributed by atoms with Gasteiger partial charge < -0.3 is 10.6 Å². The molecule has 3 rings (SSSR count). The van der Waals surface area contributed by atoms with E-state index in [1.807, 2.05) is 0 Å². The zero-order valence-electron chi connectivity index (χ0n) is 11.5. The van der Waals surface area contributed by atoms with Crippen molar-refractivity contribution in [1.82, 2.24) is 4.90 Å². The number of nitrogens with two attached hydrogens (primary N) is 1. The van der Waals surface area contributed by atoms with Crippen molar-refractivity contribution < 1.29 is 0 Å². The van der Waals surface area contributed by atoms with E-state index in [9.17, 15) is 0 Å². The van der Waals surface area contributed by atoms with Crippen molar-refractivity contribution in [3.63, 3.8) is 0 Å². The molecule has 3 saturated carbocycles. The molecule has 2 bridgehead atoms. The fourth-order valence-electron chi connectivity index (χ4n) is 5.41. The molecule has 0 amide bonds. The summed E-state index contributed by atoms with van der Waals surface area (Å²) in [6.07, 6.45) is 10.1. The van der Waals surface area contributed by atoms with Gasteiger partial charge in [-0.15, -0.1) is 0 Å². The highest BCUT2D eigenvalue weighted by atomic mass is 15.1. The molecule has 3 fully saturated rings. The minimum Gasteiger partial charge on any atom is -0.327 e. The van der Waals surface area contributed by atoms with Crippen LogP contribution in [0.15, 0.2) is 0 Å². The summed E-state index contributed by atoms with van der Waals surface area (Å²) in [4.78, 5) is 2.36. The standard InChI is InChI=1S/C15H28N2/c1-17(2)10-11-4-3-7-15(9-11)13-6-5-12(8-13)14(15)16/h11-14H,3-10,16H2,1-2H3/t11-,12+,13-,14+,15+/m1/s1. The van der Waals surface area contributed by atoms with E-state index in [0.717, 1.165) is 17.8 Å². The molecule has 5 atom stereocenters. The molecular weight excluding hydrogens is 208 g/mol. The molecule has 2 N–H and O–H groups in total. The van der Waals surface area contributed by atoms with Gasteiger partial charge in [-0.3, -0.25) is 0 Å². The summed E-state index contributed by atoms with van der Waals surface area (Å²) in [5.41, 5.74) is 7.17. The monoisotopic (exact) mass is 236 g/mol. The van der Waals surface area contributed by atoms with Crippen molar-refractivity contribution >= 4 is 0 Å². The van der Waals surface area contributed by atoms with Gasteiger partial charge in [0.2, 0.25) is 0 Å². The van der Waals surface area contributed by atoms with Gasteiger partial charge in [0.15, 0.2) is 0 Å². The van der Waals surface area contributed by atoms with Gasteiger partial charge in [-0.25, -0.2) is 0 Å². The Morgan fingerprint density at radius 2 is 2.06 bits per heavy atom. The van der Waals surface area contributed by atoms with Gasteiger partial charge in [-0.05, 0) is 75.8 Å². The Bertz CT molecular complexity index is 285. The van der Waals surface area contributed by atoms with Gasteiger partial charge in [0.25, 0.3) is 0 Å². The van der Waals surface area contributed by atoms with Crippen molar-refractivity contribution in [3.05, 3.63) is 0 Å². The first kappa shape index (κ1) is 12.0. The smallest absolute Gasteiger partial charge is 0.0127 e. The molecule has 3 aliphatic carbocycles. The van der Waals surface area contributed by atoms with Gasteiger partial charge in [0, 0.05) is 12.6 Å². The molecular formula is C15H28N2. The maximum Gasteiger partial charge on any atom is 0.0127 e. The summed E-state index contributed by atoms with van der Waals surface area (Å²) in [7, 11) is 4.42. The van der Waals surface area contributed by atoms with Crippen LogP contribution in [0.3, 0.4) is 0 Å². The topological polar surface area (TPSA) is 29.3 Å². The number of fused-ring (bicyclic) bond motifs is 3. The quantitative estimate of drug-likeness (QED) is 0.798. The molecule has 0 saturated heterocycles. The van der Waals surface area contributed by atoms with Crippen LogP contribution < -0.4 is 5.73 Å². The lowest BCUT2D eigenvalue weighted by atomic mass is 9.59. The van der Waals surface area contributed by atoms with Crippen LogP contribution in [0.5, 0.6) is 0 Å². The second-order valence-electron chi connectivity index (χ2n) is 7.25. The van der Waals surface area contributed by atoms with E-state index in [1.165, 1.54) is 51.5 Å². The zero-order chi connectivity index (χ0) is 12.0. The summed E-state index contributed by atoms with van der Waals surface area (Å²) in [5.74, 6) is 2.76. The van der Waals surface area contributed by atoms with Gasteiger partial charge in [0.05, 0.1) is 0 Å². The first-order chi connectivity index (χ1) is 8.12. The average molecular weight is 236 g/mol. The lowest BCUT2D eigenvalue weighted by Crippen LogP contribution is -2.49. The molecule has 3 aliphatic rings. The fourth-order valence-corrected chi connectivity index (χ4v) is 5.41. The minimum absolute atomic E-state index is 0.534. The highest BCUT2D eigenvalue weighted by Crippen LogP contribution is 2.61. The molecule has 0 aliphatic heterocycles. The van der Waals surface area contributed by atoms with E-state index < -0.39 is 0 Å². The van der Waals surface area contributed by atoms with Gasteiger partial charge in [0.1, 0.15) is 0 Å². The second kappa shape index (κ2) is 4.24. The second-order valence-corrected chi connectivity index (χ2v) is 7.25. The molecule has 17 heavy (non-hydrogen) atoms. The Balaban J connectivity index is 1.74. The van der Waals surface area contributed by atoms with E-state index in [-0.39, 0.29) is 0 Å². The molecule has 2 heteroatoms. The van der Waals surface area contributed by atoms with Gasteiger partial charge >= 0.3 is 0 Å². The molecule has 0 aromatic rings. The first-order valence-electron chi connectivity index (χ1n) is 7.52. The normalized spacial score (nSPS) is 49.4. The van der Waals surface area contributed by atoms with E-state index in [1.54, 1.807) is 0 Å². The van der Waals surface area contributed by atoms with E-state index in [2.05, 4.69) is 19.0 Å². The van der Waals surface area contributed by atoms with Gasteiger partial charge in [-0.2, -0.15) is 0 Å². The fraction of sp³-hybridized carbons (Fsp3) is 1.00. The number of hydrogen-bond donors (Lipinski definition) is 1. The van der Waals surface area contributed by atoms with Crippen LogP contribution in [0.2, 0.25) is 0 Å². The predicted molar refractivity (Wildman–Crippen MR) is 71.8 cm³/mol. The van der Waals surface area contributed by atoms with Crippen molar-refractivity contribution in [2.75, 3.05) is 20.6 Å². The first-order valence-corrected chi connectivity index (χ1v) is 7.52. The highest BCUT2D eigenvalue weighted by Gasteiger charge is 2.57. The Kier molecular flexibility index (Phi) is 2.99. The maximum absolute atomic E-state index is 6.61. The summed E-state index contributed by atoms with van der Waals surface area (Å²) in [6.45, 7) is 1.27. The van der Waals surface area contributed by atoms with Crippen LogP contribution in [0.25, 0.3) is 0 Å². The summed E-state index contributed by atoms with van der Waals surface area (Å²) in [6, 6.07) is 0.534. The third-order valence-corrected chi connectivity index (χ3v) is 6.00. The van der Waals surface area contributed by atoms with Crippen molar-refractivity contribution in [2.24, 2.45) is 28.9 Å². The van der Waals surface area contributed by atoms with Crippen LogP contribution in [0, 0.1) is 23.2 Å². The van der Waals surface area contributed by atoms with Crippen molar-refractivity contribution in [1.29, 1.82) is 0 Å². The van der Waals surface area contributed by atoms with E-state index in [0.29, 0.717) is 11.5 Å². The van der Waals surface area contributed by atoms with Crippen LogP contribution in [0.4, 0.5) is 0 Å². The molecule has 0 heterocycles. The number of nitrogens with zero attached hydrogens (tertiary/aromatic N) is 1. The predicted octanol–water partition coefficient (Wildman–Crippen LogP) is 2.48. The molecule has 0 aromatic heterocycles. The Labute approximate surface area is 106 Å². The third-order valence-electron chi connectivity index (χ3n) is 6.00. The number of hydrogen-bond acceptors (Lipinski definition) is 2. The SMILES string of the molecule is CN(C)C[C@@H]1CCC[C@]2(C1)[C@@H]1CC[C@@H](C1)[C@@H]2N. The van der Waals surface area contributed by atoms with Crippen LogP contribution >= 0.6 is 0 Å². The summed E-state index contributed by atoms with van der Waals surface area (Å²) >= 11 is 0. The molecule has 0 aromatic carbocycles. The van der Waals surface area contributed by atoms with Crippen molar-refractivity contribution in [3.8, 4) is 0 Å². The van der Waals surface area contributed by atoms with E-state index >= 15 is 0 Å². The molecule has 2 nitrogen and oxygen atoms in total. The zero-order valence-corrected chi connectivity index (χ0v) is 11.5. The Hall–Kier alpha value is -0.0800. The lowest BCUT2D eigenvalue weighted by Gasteiger charge is -2.48. The van der Waals surface area contributed by atoms with Crippen LogP contribution in [-0.2, 0) is 0 Å². The average Bonchev–Trinajstić information content (AvgIpc) is 2.83. The maximum atomic E-state index is 6.61. The minimum atomic E-state index is 0.534. The van der Waals surface area contributed by atoms with Gasteiger partial charge in [-0.1, -0.05) is 6.42 Å². The molecule has 0 radical (unpaired) electrons. The Morgan fingerprint density at radius 3 is 2.71 bits per heavy atom. The van der Waals surface area contributed by atoms with Crippen LogP contribution in [0.1, 0.15) is 44.9 Å². The summed E-state index contributed by atoms with van der Waals surface area (Å²) < 4.78 is 0. The van der Waals surface area contributed by atoms with Crippen LogP contribution in [-0.4, -0.2) is 31.6 Å². The summed E-state index contributed by atoms with van der Waals surface area (Å²) in [5, 5.41) is 0. The van der Waals surface area contributed by atoms with Crippen molar-refractivity contribution in [2.45, 2.75) is 51.0 Å². The molecule has 98 valence electrons. The lowest BCUT2D eigenvalue weighted by molar-refractivity contribution is 0.0407. The third kappa shape index (κ3) is 1.84. The van der Waals surface area contributed by atoms with E-state index in [4.69, 9.17) is 5.73 Å². The molecule has 1 spiro atoms. The molecule has 0 unspecified atom stereocenters. The Morgan fingerprint density at radius 1 is 1.24 bits per heavy atom.